The van der Waals surface area contributed by atoms with Gasteiger partial charge in [0.2, 0.25) is 5.65 Å². The molecular formula is C13H10BrN3O2. The second kappa shape index (κ2) is 4.89. The van der Waals surface area contributed by atoms with Gasteiger partial charge in [-0.2, -0.15) is 0 Å². The van der Waals surface area contributed by atoms with Gasteiger partial charge in [-0.1, -0.05) is 6.07 Å². The van der Waals surface area contributed by atoms with Gasteiger partial charge in [0, 0.05) is 24.7 Å². The van der Waals surface area contributed by atoms with Gasteiger partial charge < -0.3 is 9.47 Å². The molecule has 0 bridgehead atoms. The molecule has 6 heteroatoms. The van der Waals surface area contributed by atoms with Gasteiger partial charge in [-0.25, -0.2) is 9.97 Å². The standard InChI is InChI=1S/C13H10BrN3O2/c1-18-9-3-2-4-10(7-9)19-13-12-15-5-6-17(12)8-11(14)16-13/h2-8H,1H3. The topological polar surface area (TPSA) is 48.7 Å². The van der Waals surface area contributed by atoms with Gasteiger partial charge in [0.25, 0.3) is 5.88 Å². The average Bonchev–Trinajstić information content (AvgIpc) is 2.87. The van der Waals surface area contributed by atoms with E-state index < -0.39 is 0 Å². The Morgan fingerprint density at radius 1 is 1.26 bits per heavy atom. The molecular weight excluding hydrogens is 310 g/mol. The molecule has 3 aromatic rings. The minimum absolute atomic E-state index is 0.438. The number of aromatic nitrogens is 3. The van der Waals surface area contributed by atoms with Crippen molar-refractivity contribution >= 4 is 21.6 Å². The van der Waals surface area contributed by atoms with E-state index in [9.17, 15) is 0 Å². The first-order valence-electron chi connectivity index (χ1n) is 5.57. The van der Waals surface area contributed by atoms with Crippen LogP contribution >= 0.6 is 15.9 Å². The lowest BCUT2D eigenvalue weighted by Gasteiger charge is -2.07. The minimum Gasteiger partial charge on any atom is -0.497 e. The van der Waals surface area contributed by atoms with Crippen LogP contribution in [0.2, 0.25) is 0 Å². The maximum Gasteiger partial charge on any atom is 0.264 e. The molecule has 2 aromatic heterocycles. The maximum atomic E-state index is 5.77. The molecule has 0 aliphatic carbocycles. The molecule has 0 aliphatic rings. The van der Waals surface area contributed by atoms with Crippen molar-refractivity contribution in [2.45, 2.75) is 0 Å². The van der Waals surface area contributed by atoms with E-state index in [1.165, 1.54) is 0 Å². The molecule has 0 fully saturated rings. The Morgan fingerprint density at radius 3 is 2.95 bits per heavy atom. The number of hydrogen-bond donors (Lipinski definition) is 0. The van der Waals surface area contributed by atoms with Crippen molar-refractivity contribution in [2.75, 3.05) is 7.11 Å². The number of rotatable bonds is 3. The Labute approximate surface area is 118 Å². The van der Waals surface area contributed by atoms with E-state index in [1.54, 1.807) is 19.4 Å². The van der Waals surface area contributed by atoms with E-state index in [2.05, 4.69) is 25.9 Å². The molecule has 0 unspecified atom stereocenters. The molecule has 3 rings (SSSR count). The van der Waals surface area contributed by atoms with E-state index in [-0.39, 0.29) is 0 Å². The smallest absolute Gasteiger partial charge is 0.264 e. The fourth-order valence-corrected chi connectivity index (χ4v) is 2.10. The van der Waals surface area contributed by atoms with Crippen LogP contribution in [0.4, 0.5) is 0 Å². The Morgan fingerprint density at radius 2 is 2.11 bits per heavy atom. The number of hydrogen-bond acceptors (Lipinski definition) is 4. The summed E-state index contributed by atoms with van der Waals surface area (Å²) in [6.07, 6.45) is 5.35. The van der Waals surface area contributed by atoms with Gasteiger partial charge in [-0.3, -0.25) is 4.40 Å². The van der Waals surface area contributed by atoms with Crippen LogP contribution in [-0.4, -0.2) is 21.5 Å². The molecule has 0 saturated carbocycles. The molecule has 0 N–H and O–H groups in total. The maximum absolute atomic E-state index is 5.77. The molecule has 5 nitrogen and oxygen atoms in total. The number of methoxy groups -OCH3 is 1. The lowest BCUT2D eigenvalue weighted by atomic mass is 10.3. The van der Waals surface area contributed by atoms with E-state index in [4.69, 9.17) is 9.47 Å². The van der Waals surface area contributed by atoms with Crippen molar-refractivity contribution in [3.8, 4) is 17.4 Å². The normalized spacial score (nSPS) is 10.6. The summed E-state index contributed by atoms with van der Waals surface area (Å²) in [4.78, 5) is 8.52. The van der Waals surface area contributed by atoms with Gasteiger partial charge >= 0.3 is 0 Å². The summed E-state index contributed by atoms with van der Waals surface area (Å²) in [5.41, 5.74) is 0.658. The second-order valence-electron chi connectivity index (χ2n) is 3.81. The summed E-state index contributed by atoms with van der Waals surface area (Å²) >= 11 is 3.35. The fourth-order valence-electron chi connectivity index (χ4n) is 1.72. The van der Waals surface area contributed by atoms with Crippen LogP contribution in [0, 0.1) is 0 Å². The number of benzene rings is 1. The van der Waals surface area contributed by atoms with Crippen LogP contribution in [0.25, 0.3) is 5.65 Å². The molecule has 0 aliphatic heterocycles. The zero-order valence-electron chi connectivity index (χ0n) is 10.1. The first kappa shape index (κ1) is 12.0. The third-order valence-electron chi connectivity index (χ3n) is 2.57. The van der Waals surface area contributed by atoms with Crippen LogP contribution in [0.5, 0.6) is 17.4 Å². The highest BCUT2D eigenvalue weighted by Gasteiger charge is 2.09. The van der Waals surface area contributed by atoms with Crippen LogP contribution in [0.1, 0.15) is 0 Å². The number of ether oxygens (including phenoxy) is 2. The Kier molecular flexibility index (Phi) is 3.08. The summed E-state index contributed by atoms with van der Waals surface area (Å²) in [6.45, 7) is 0. The Balaban J connectivity index is 2.02. The molecule has 19 heavy (non-hydrogen) atoms. The highest BCUT2D eigenvalue weighted by molar-refractivity contribution is 9.10. The highest BCUT2D eigenvalue weighted by atomic mass is 79.9. The molecule has 0 radical (unpaired) electrons. The SMILES string of the molecule is COc1cccc(Oc2nc(Br)cn3ccnc23)c1. The predicted molar refractivity (Wildman–Crippen MR) is 73.8 cm³/mol. The highest BCUT2D eigenvalue weighted by Crippen LogP contribution is 2.27. The summed E-state index contributed by atoms with van der Waals surface area (Å²) < 4.78 is 13.4. The van der Waals surface area contributed by atoms with Crippen molar-refractivity contribution in [2.24, 2.45) is 0 Å². The van der Waals surface area contributed by atoms with E-state index in [1.807, 2.05) is 35.0 Å². The predicted octanol–water partition coefficient (Wildman–Crippen LogP) is 3.29. The lowest BCUT2D eigenvalue weighted by Crippen LogP contribution is -1.95. The zero-order chi connectivity index (χ0) is 13.2. The van der Waals surface area contributed by atoms with Crippen molar-refractivity contribution in [3.05, 3.63) is 47.5 Å². The van der Waals surface area contributed by atoms with Crippen LogP contribution in [0.15, 0.2) is 47.5 Å². The molecule has 0 spiro atoms. The largest absolute Gasteiger partial charge is 0.497 e. The van der Waals surface area contributed by atoms with Gasteiger partial charge in [-0.05, 0) is 28.1 Å². The number of imidazole rings is 1. The minimum atomic E-state index is 0.438. The zero-order valence-corrected chi connectivity index (χ0v) is 11.7. The quantitative estimate of drug-likeness (QED) is 0.743. The van der Waals surface area contributed by atoms with Crippen molar-refractivity contribution in [3.63, 3.8) is 0 Å². The third-order valence-corrected chi connectivity index (χ3v) is 2.95. The molecule has 2 heterocycles. The molecule has 0 atom stereocenters. The van der Waals surface area contributed by atoms with E-state index >= 15 is 0 Å². The van der Waals surface area contributed by atoms with Crippen LogP contribution in [0.3, 0.4) is 0 Å². The number of nitrogens with zero attached hydrogens (tertiary/aromatic N) is 3. The Bertz CT molecular complexity index is 727. The second-order valence-corrected chi connectivity index (χ2v) is 4.62. The lowest BCUT2D eigenvalue weighted by molar-refractivity contribution is 0.407. The summed E-state index contributed by atoms with van der Waals surface area (Å²) in [6, 6.07) is 7.34. The molecule has 0 saturated heterocycles. The van der Waals surface area contributed by atoms with Crippen LogP contribution in [-0.2, 0) is 0 Å². The van der Waals surface area contributed by atoms with Crippen molar-refractivity contribution < 1.29 is 9.47 Å². The first-order chi connectivity index (χ1) is 9.26. The van der Waals surface area contributed by atoms with Gasteiger partial charge in [0.1, 0.15) is 16.1 Å². The fraction of sp³-hybridized carbons (Fsp3) is 0.0769. The van der Waals surface area contributed by atoms with Crippen molar-refractivity contribution in [1.29, 1.82) is 0 Å². The summed E-state index contributed by atoms with van der Waals surface area (Å²) in [5.74, 6) is 1.81. The monoisotopic (exact) mass is 319 g/mol. The average molecular weight is 320 g/mol. The number of halogens is 1. The summed E-state index contributed by atoms with van der Waals surface area (Å²) in [5, 5.41) is 0. The molecule has 0 amide bonds. The van der Waals surface area contributed by atoms with Crippen LogP contribution < -0.4 is 9.47 Å². The third kappa shape index (κ3) is 2.39. The molecule has 1 aromatic carbocycles. The van der Waals surface area contributed by atoms with E-state index in [0.717, 1.165) is 5.75 Å². The number of fused-ring (bicyclic) bond motifs is 1. The van der Waals surface area contributed by atoms with Gasteiger partial charge in [-0.15, -0.1) is 0 Å². The Hall–Kier alpha value is -2.08. The first-order valence-corrected chi connectivity index (χ1v) is 6.37. The van der Waals surface area contributed by atoms with Crippen molar-refractivity contribution in [1.82, 2.24) is 14.4 Å². The van der Waals surface area contributed by atoms with E-state index in [0.29, 0.717) is 21.9 Å². The molecule has 96 valence electrons. The van der Waals surface area contributed by atoms with Gasteiger partial charge in [0.05, 0.1) is 7.11 Å². The summed E-state index contributed by atoms with van der Waals surface area (Å²) in [7, 11) is 1.61. The van der Waals surface area contributed by atoms with Gasteiger partial charge in [0.15, 0.2) is 0 Å².